The molecule has 0 aromatic heterocycles. The summed E-state index contributed by atoms with van der Waals surface area (Å²) in [5, 5.41) is -0.461. The first-order valence-electron chi connectivity index (χ1n) is 6.74. The normalized spacial score (nSPS) is 16.8. The lowest BCUT2D eigenvalue weighted by molar-refractivity contribution is -0.146. The number of thioether (sulfide) groups is 1. The Morgan fingerprint density at radius 3 is 2.68 bits per heavy atom. The fourth-order valence-electron chi connectivity index (χ4n) is 1.80. The first-order valence-corrected chi connectivity index (χ1v) is 7.56. The van der Waals surface area contributed by atoms with Crippen molar-refractivity contribution in [2.24, 2.45) is 0 Å². The number of nitrogens with zero attached hydrogens (tertiary/aromatic N) is 1. The van der Waals surface area contributed by atoms with Crippen LogP contribution in [0.15, 0.2) is 47.4 Å². The van der Waals surface area contributed by atoms with Gasteiger partial charge in [-0.3, -0.25) is 19.3 Å². The molecule has 0 saturated carbocycles. The molecule has 0 bridgehead atoms. The lowest BCUT2D eigenvalue weighted by Crippen LogP contribution is -2.34. The second kappa shape index (κ2) is 7.61. The minimum atomic E-state index is -0.592. The predicted molar refractivity (Wildman–Crippen MR) is 84.9 cm³/mol. The molecule has 0 spiro atoms. The Morgan fingerprint density at radius 1 is 1.27 bits per heavy atom. The van der Waals surface area contributed by atoms with Crippen LogP contribution >= 0.6 is 11.8 Å². The average molecular weight is 317 g/mol. The van der Waals surface area contributed by atoms with E-state index in [4.69, 9.17) is 4.74 Å². The molecule has 0 unspecified atom stereocenters. The molecule has 5 nitrogen and oxygen atoms in total. The van der Waals surface area contributed by atoms with Gasteiger partial charge in [0.25, 0.3) is 11.1 Å². The van der Waals surface area contributed by atoms with Crippen LogP contribution in [0.3, 0.4) is 0 Å². The molecule has 0 radical (unpaired) electrons. The third-order valence-corrected chi connectivity index (χ3v) is 3.73. The topological polar surface area (TPSA) is 63.7 Å². The molecule has 0 N–H and O–H groups in total. The van der Waals surface area contributed by atoms with Crippen molar-refractivity contribution >= 4 is 35.0 Å². The lowest BCUT2D eigenvalue weighted by Gasteiger charge is -2.10. The van der Waals surface area contributed by atoms with Crippen molar-refractivity contribution in [3.8, 4) is 0 Å². The van der Waals surface area contributed by atoms with E-state index in [0.717, 1.165) is 22.2 Å². The van der Waals surface area contributed by atoms with Gasteiger partial charge in [-0.15, -0.1) is 0 Å². The van der Waals surface area contributed by atoms with Crippen molar-refractivity contribution in [2.45, 2.75) is 6.92 Å². The highest BCUT2D eigenvalue weighted by molar-refractivity contribution is 8.18. The van der Waals surface area contributed by atoms with Crippen LogP contribution in [-0.2, 0) is 14.3 Å². The van der Waals surface area contributed by atoms with E-state index >= 15 is 0 Å². The van der Waals surface area contributed by atoms with Gasteiger partial charge in [0.1, 0.15) is 6.54 Å². The lowest BCUT2D eigenvalue weighted by atomic mass is 10.2. The molecular formula is C16H15NO4S. The SMILES string of the molecule is CCOC(=O)CN1C(=O)S/C(=C\C=C\c2ccccc2)C1=O. The van der Waals surface area contributed by atoms with Crippen LogP contribution in [0.25, 0.3) is 6.08 Å². The van der Waals surface area contributed by atoms with Crippen LogP contribution in [0.1, 0.15) is 12.5 Å². The number of imide groups is 1. The number of carbonyl (C=O) groups excluding carboxylic acids is 3. The summed E-state index contributed by atoms with van der Waals surface area (Å²) in [7, 11) is 0. The number of allylic oxidation sites excluding steroid dienone is 2. The monoisotopic (exact) mass is 317 g/mol. The van der Waals surface area contributed by atoms with Crippen molar-refractivity contribution in [1.82, 2.24) is 4.90 Å². The molecule has 1 aromatic rings. The van der Waals surface area contributed by atoms with Gasteiger partial charge in [0, 0.05) is 0 Å². The van der Waals surface area contributed by atoms with Gasteiger partial charge in [-0.05, 0) is 30.3 Å². The van der Waals surface area contributed by atoms with Gasteiger partial charge in [0.05, 0.1) is 11.5 Å². The molecule has 1 aliphatic rings. The van der Waals surface area contributed by atoms with E-state index in [9.17, 15) is 14.4 Å². The Morgan fingerprint density at radius 2 is 2.00 bits per heavy atom. The smallest absolute Gasteiger partial charge is 0.326 e. The molecule has 1 heterocycles. The number of amides is 2. The number of benzene rings is 1. The number of hydrogen-bond acceptors (Lipinski definition) is 5. The molecule has 22 heavy (non-hydrogen) atoms. The van der Waals surface area contributed by atoms with Crippen LogP contribution in [0, 0.1) is 0 Å². The Kier molecular flexibility index (Phi) is 5.55. The van der Waals surface area contributed by atoms with E-state index < -0.39 is 17.1 Å². The summed E-state index contributed by atoms with van der Waals surface area (Å²) >= 11 is 0.817. The van der Waals surface area contributed by atoms with Gasteiger partial charge in [-0.25, -0.2) is 0 Å². The second-order valence-electron chi connectivity index (χ2n) is 4.37. The highest BCUT2D eigenvalue weighted by Gasteiger charge is 2.36. The van der Waals surface area contributed by atoms with Gasteiger partial charge in [-0.1, -0.05) is 42.5 Å². The maximum absolute atomic E-state index is 12.1. The zero-order valence-corrected chi connectivity index (χ0v) is 12.8. The zero-order valence-electron chi connectivity index (χ0n) is 12.0. The minimum Gasteiger partial charge on any atom is -0.465 e. The number of rotatable bonds is 5. The summed E-state index contributed by atoms with van der Waals surface area (Å²) in [6.45, 7) is 1.53. The summed E-state index contributed by atoms with van der Waals surface area (Å²) in [5.74, 6) is -1.06. The van der Waals surface area contributed by atoms with E-state index in [2.05, 4.69) is 0 Å². The molecule has 1 saturated heterocycles. The molecule has 2 rings (SSSR count). The first kappa shape index (κ1) is 16.0. The summed E-state index contributed by atoms with van der Waals surface area (Å²) in [5.41, 5.74) is 0.990. The number of hydrogen-bond donors (Lipinski definition) is 0. The fourth-order valence-corrected chi connectivity index (χ4v) is 2.59. The second-order valence-corrected chi connectivity index (χ2v) is 5.36. The van der Waals surface area contributed by atoms with E-state index in [-0.39, 0.29) is 13.2 Å². The molecule has 1 aromatic carbocycles. The van der Waals surface area contributed by atoms with Crippen molar-refractivity contribution in [2.75, 3.05) is 13.2 Å². The maximum atomic E-state index is 12.1. The number of ether oxygens (including phenoxy) is 1. The molecule has 6 heteroatoms. The summed E-state index contributed by atoms with van der Waals surface area (Å²) in [6.07, 6.45) is 5.11. The molecule has 2 amide bonds. The third kappa shape index (κ3) is 4.08. The Labute approximate surface area is 132 Å². The molecular weight excluding hydrogens is 302 g/mol. The minimum absolute atomic E-state index is 0.213. The van der Waals surface area contributed by atoms with Gasteiger partial charge in [-0.2, -0.15) is 0 Å². The van der Waals surface area contributed by atoms with Crippen molar-refractivity contribution < 1.29 is 19.1 Å². The van der Waals surface area contributed by atoms with Gasteiger partial charge in [0.15, 0.2) is 0 Å². The zero-order chi connectivity index (χ0) is 15.9. The van der Waals surface area contributed by atoms with Crippen LogP contribution < -0.4 is 0 Å². The Bertz CT molecular complexity index is 637. The van der Waals surface area contributed by atoms with Gasteiger partial charge < -0.3 is 4.74 Å². The highest BCUT2D eigenvalue weighted by Crippen LogP contribution is 2.30. The summed E-state index contributed by atoms with van der Waals surface area (Å²) < 4.78 is 4.75. The van der Waals surface area contributed by atoms with Crippen molar-refractivity contribution in [3.63, 3.8) is 0 Å². The first-order chi connectivity index (χ1) is 10.6. The van der Waals surface area contributed by atoms with E-state index in [1.165, 1.54) is 0 Å². The Balaban J connectivity index is 2.03. The fraction of sp³-hybridized carbons (Fsp3) is 0.188. The molecule has 1 fully saturated rings. The Hall–Kier alpha value is -2.34. The van der Waals surface area contributed by atoms with Crippen LogP contribution in [0.4, 0.5) is 4.79 Å². The summed E-state index contributed by atoms with van der Waals surface area (Å²) in [6, 6.07) is 9.59. The molecule has 114 valence electrons. The van der Waals surface area contributed by atoms with Crippen LogP contribution in [-0.4, -0.2) is 35.2 Å². The third-order valence-electron chi connectivity index (χ3n) is 2.80. The number of esters is 1. The molecule has 0 atom stereocenters. The van der Waals surface area contributed by atoms with Crippen molar-refractivity contribution in [3.05, 3.63) is 53.0 Å². The molecule has 1 aliphatic heterocycles. The van der Waals surface area contributed by atoms with Crippen LogP contribution in [0.5, 0.6) is 0 Å². The maximum Gasteiger partial charge on any atom is 0.326 e. The van der Waals surface area contributed by atoms with E-state index in [0.29, 0.717) is 4.91 Å². The van der Waals surface area contributed by atoms with Gasteiger partial charge >= 0.3 is 5.97 Å². The predicted octanol–water partition coefficient (Wildman–Crippen LogP) is 2.84. The van der Waals surface area contributed by atoms with Crippen LogP contribution in [0.2, 0.25) is 0 Å². The molecule has 0 aliphatic carbocycles. The van der Waals surface area contributed by atoms with Crippen molar-refractivity contribution in [1.29, 1.82) is 0 Å². The highest BCUT2D eigenvalue weighted by atomic mass is 32.2. The van der Waals surface area contributed by atoms with E-state index in [1.54, 1.807) is 19.1 Å². The summed E-state index contributed by atoms with van der Waals surface area (Å²) in [4.78, 5) is 36.4. The number of carbonyl (C=O) groups is 3. The standard InChI is InChI=1S/C16H15NO4S/c1-2-21-14(18)11-17-15(19)13(22-16(17)20)10-6-9-12-7-4-3-5-8-12/h3-10H,2,11H2,1H3/b9-6+,13-10-. The largest absolute Gasteiger partial charge is 0.465 e. The average Bonchev–Trinajstić information content (AvgIpc) is 2.76. The van der Waals surface area contributed by atoms with E-state index in [1.807, 2.05) is 36.4 Å². The van der Waals surface area contributed by atoms with Gasteiger partial charge in [0.2, 0.25) is 0 Å². The quantitative estimate of drug-likeness (QED) is 0.617.